The molecule has 282 valence electrons. The number of rotatable bonds is 16. The van der Waals surface area contributed by atoms with Crippen LogP contribution in [0.3, 0.4) is 0 Å². The van der Waals surface area contributed by atoms with Gasteiger partial charge in [0, 0.05) is 25.4 Å². The first-order valence-electron chi connectivity index (χ1n) is 17.8. The van der Waals surface area contributed by atoms with Crippen molar-refractivity contribution < 1.29 is 37.5 Å². The lowest BCUT2D eigenvalue weighted by atomic mass is 9.92. The zero-order valence-electron chi connectivity index (χ0n) is 30.2. The lowest BCUT2D eigenvalue weighted by molar-refractivity contribution is -0.145. The van der Waals surface area contributed by atoms with Crippen molar-refractivity contribution in [3.8, 4) is 0 Å². The van der Waals surface area contributed by atoms with Gasteiger partial charge in [0.05, 0.1) is 18.3 Å². The summed E-state index contributed by atoms with van der Waals surface area (Å²) in [5.41, 5.74) is 0.743. The van der Waals surface area contributed by atoms with Gasteiger partial charge in [0.15, 0.2) is 0 Å². The van der Waals surface area contributed by atoms with Crippen molar-refractivity contribution in [2.24, 2.45) is 23.7 Å². The molecule has 1 saturated carbocycles. The molecule has 4 N–H and O–H groups in total. The summed E-state index contributed by atoms with van der Waals surface area (Å²) in [6.45, 7) is 8.86. The van der Waals surface area contributed by atoms with E-state index in [9.17, 15) is 37.5 Å². The number of alkyl halides is 2. The number of halogens is 2. The monoisotopic (exact) mass is 725 g/mol. The Kier molecular flexibility index (Phi) is 13.9. The standard InChI is InChI=1S/C37H49F2N7O6/c1-20(2)29(44-33(48)27-18-40-16-17-41-27)34(49)45-30(21(3)4)37(52)46-19-24-12-9-13-25(24)31(46)35(50)43-26(14-15-28(38)39)32(47)36(51)42-22(5)23-10-7-6-8-11-23/h6-8,10-11,16-18,20-22,24-26,28-31H,9,12-15,19H2,1-5H3,(H,42,51)(H,43,50)(H,44,48)(H,45,49)/t22-,24-,25-,26?,29?,30?,31-/m0/s1. The molecule has 2 fully saturated rings. The summed E-state index contributed by atoms with van der Waals surface area (Å²) in [4.78, 5) is 90.5. The summed E-state index contributed by atoms with van der Waals surface area (Å²) < 4.78 is 26.7. The van der Waals surface area contributed by atoms with Gasteiger partial charge < -0.3 is 26.2 Å². The molecular formula is C37H49F2N7O6. The first-order chi connectivity index (χ1) is 24.7. The van der Waals surface area contributed by atoms with Crippen LogP contribution in [-0.2, 0) is 24.0 Å². The quantitative estimate of drug-likeness (QED) is 0.191. The normalized spacial score (nSPS) is 20.5. The number of fused-ring (bicyclic) bond motifs is 1. The third-order valence-corrected chi connectivity index (χ3v) is 9.88. The summed E-state index contributed by atoms with van der Waals surface area (Å²) >= 11 is 0. The second-order valence-electron chi connectivity index (χ2n) is 14.3. The fourth-order valence-corrected chi connectivity index (χ4v) is 7.04. The highest BCUT2D eigenvalue weighted by Crippen LogP contribution is 2.42. The molecule has 2 aliphatic rings. The largest absolute Gasteiger partial charge is 0.344 e. The van der Waals surface area contributed by atoms with Gasteiger partial charge in [0.2, 0.25) is 29.9 Å². The molecule has 1 saturated heterocycles. The molecule has 2 aromatic rings. The third-order valence-electron chi connectivity index (χ3n) is 9.88. The SMILES string of the molecule is CC(C)C(NC(=O)c1cnccn1)C(=O)NC(C(=O)N1C[C@@H]2CCC[C@@H]2[C@H]1C(=O)NC(CCC(F)F)C(=O)C(=O)N[C@@H](C)c1ccccc1)C(C)C. The van der Waals surface area contributed by atoms with Crippen molar-refractivity contribution in [3.05, 3.63) is 60.2 Å². The van der Waals surface area contributed by atoms with E-state index in [0.29, 0.717) is 6.42 Å². The maximum Gasteiger partial charge on any atom is 0.290 e. The predicted octanol–water partition coefficient (Wildman–Crippen LogP) is 2.98. The van der Waals surface area contributed by atoms with Crippen LogP contribution in [0.15, 0.2) is 48.9 Å². The van der Waals surface area contributed by atoms with Crippen molar-refractivity contribution in [2.75, 3.05) is 6.54 Å². The van der Waals surface area contributed by atoms with E-state index in [0.717, 1.165) is 18.4 Å². The van der Waals surface area contributed by atoms with E-state index < -0.39 is 90.7 Å². The van der Waals surface area contributed by atoms with Gasteiger partial charge in [0.1, 0.15) is 23.8 Å². The molecular weight excluding hydrogens is 676 g/mol. The maximum atomic E-state index is 14.3. The molecule has 3 unspecified atom stereocenters. The van der Waals surface area contributed by atoms with E-state index in [2.05, 4.69) is 31.2 Å². The lowest BCUT2D eigenvalue weighted by Crippen LogP contribution is -2.60. The summed E-state index contributed by atoms with van der Waals surface area (Å²) in [6, 6.07) is 3.59. The second-order valence-corrected chi connectivity index (χ2v) is 14.3. The molecule has 1 aliphatic carbocycles. The Balaban J connectivity index is 1.52. The Labute approximate surface area is 302 Å². The molecule has 15 heteroatoms. The topological polar surface area (TPSA) is 180 Å². The van der Waals surface area contributed by atoms with Crippen molar-refractivity contribution in [3.63, 3.8) is 0 Å². The van der Waals surface area contributed by atoms with Crippen molar-refractivity contribution in [1.82, 2.24) is 36.1 Å². The molecule has 1 aliphatic heterocycles. The predicted molar refractivity (Wildman–Crippen MR) is 186 cm³/mol. The minimum absolute atomic E-state index is 0.0171. The molecule has 5 amide bonds. The van der Waals surface area contributed by atoms with E-state index in [1.54, 1.807) is 65.0 Å². The van der Waals surface area contributed by atoms with E-state index in [1.807, 2.05) is 0 Å². The molecule has 0 radical (unpaired) electrons. The number of nitrogens with zero attached hydrogens (tertiary/aromatic N) is 3. The van der Waals surface area contributed by atoms with E-state index >= 15 is 0 Å². The number of Topliss-reactive ketones (excluding diaryl/α,β-unsaturated/α-hetero) is 1. The first-order valence-corrected chi connectivity index (χ1v) is 17.8. The van der Waals surface area contributed by atoms with Gasteiger partial charge in [-0.3, -0.25) is 33.8 Å². The minimum atomic E-state index is -2.78. The highest BCUT2D eigenvalue weighted by Gasteiger charge is 2.51. The number of hydrogen-bond acceptors (Lipinski definition) is 8. The van der Waals surface area contributed by atoms with Crippen LogP contribution in [0.25, 0.3) is 0 Å². The number of ketones is 1. The van der Waals surface area contributed by atoms with Crippen molar-refractivity contribution in [1.29, 1.82) is 0 Å². The van der Waals surface area contributed by atoms with Crippen molar-refractivity contribution >= 4 is 35.3 Å². The number of benzene rings is 1. The number of carbonyl (C=O) groups excluding carboxylic acids is 6. The van der Waals surface area contributed by atoms with E-state index in [1.165, 1.54) is 23.5 Å². The summed E-state index contributed by atoms with van der Waals surface area (Å²) in [6.07, 6.45) is 2.24. The molecule has 13 nitrogen and oxygen atoms in total. The highest BCUT2D eigenvalue weighted by molar-refractivity contribution is 6.38. The maximum absolute atomic E-state index is 14.3. The highest BCUT2D eigenvalue weighted by atomic mass is 19.3. The number of aromatic nitrogens is 2. The van der Waals surface area contributed by atoms with E-state index in [4.69, 9.17) is 0 Å². The first kappa shape index (κ1) is 40.0. The Hall–Kier alpha value is -4.82. The van der Waals surface area contributed by atoms with Gasteiger partial charge in [0.25, 0.3) is 11.8 Å². The molecule has 4 rings (SSSR count). The van der Waals surface area contributed by atoms with Crippen LogP contribution in [0.4, 0.5) is 8.78 Å². The zero-order valence-corrected chi connectivity index (χ0v) is 30.2. The van der Waals surface area contributed by atoms with Crippen LogP contribution in [0.2, 0.25) is 0 Å². The second kappa shape index (κ2) is 18.1. The number of likely N-dealkylation sites (tertiary alicyclic amines) is 1. The fraction of sp³-hybridized carbons (Fsp3) is 0.568. The molecule has 2 heterocycles. The Bertz CT molecular complexity index is 1580. The van der Waals surface area contributed by atoms with Gasteiger partial charge >= 0.3 is 0 Å². The summed E-state index contributed by atoms with van der Waals surface area (Å²) in [5, 5.41) is 10.6. The fourth-order valence-electron chi connectivity index (χ4n) is 7.04. The Morgan fingerprint density at radius 1 is 0.846 bits per heavy atom. The average molecular weight is 726 g/mol. The van der Waals surface area contributed by atoms with Crippen molar-refractivity contribution in [2.45, 2.75) is 103 Å². The molecule has 0 spiro atoms. The molecule has 1 aromatic heterocycles. The summed E-state index contributed by atoms with van der Waals surface area (Å²) in [5.74, 6) is -5.64. The number of hydrogen-bond donors (Lipinski definition) is 4. The number of carbonyl (C=O) groups is 6. The van der Waals surface area contributed by atoms with Gasteiger partial charge in [-0.2, -0.15) is 0 Å². The van der Waals surface area contributed by atoms with Gasteiger partial charge in [-0.1, -0.05) is 64.4 Å². The van der Waals surface area contributed by atoms with Crippen LogP contribution in [-0.4, -0.2) is 87.3 Å². The van der Waals surface area contributed by atoms with Crippen LogP contribution in [0.5, 0.6) is 0 Å². The zero-order chi connectivity index (χ0) is 38.1. The average Bonchev–Trinajstić information content (AvgIpc) is 3.72. The number of amides is 5. The molecule has 1 aromatic carbocycles. The lowest BCUT2D eigenvalue weighted by Gasteiger charge is -2.34. The molecule has 0 bridgehead atoms. The minimum Gasteiger partial charge on any atom is -0.344 e. The van der Waals surface area contributed by atoms with Gasteiger partial charge in [-0.25, -0.2) is 13.8 Å². The van der Waals surface area contributed by atoms with Crippen LogP contribution >= 0.6 is 0 Å². The molecule has 7 atom stereocenters. The van der Waals surface area contributed by atoms with Gasteiger partial charge in [-0.15, -0.1) is 0 Å². The third kappa shape index (κ3) is 9.94. The van der Waals surface area contributed by atoms with E-state index in [-0.39, 0.29) is 30.0 Å². The van der Waals surface area contributed by atoms with Gasteiger partial charge in [-0.05, 0) is 55.4 Å². The van der Waals surface area contributed by atoms with Crippen LogP contribution < -0.4 is 21.3 Å². The Morgan fingerprint density at radius 2 is 1.54 bits per heavy atom. The van der Waals surface area contributed by atoms with Crippen LogP contribution in [0.1, 0.15) is 88.8 Å². The smallest absolute Gasteiger partial charge is 0.290 e. The van der Waals surface area contributed by atoms with Crippen LogP contribution in [0, 0.1) is 23.7 Å². The number of nitrogens with one attached hydrogen (secondary N) is 4. The Morgan fingerprint density at radius 3 is 2.15 bits per heavy atom. The molecule has 52 heavy (non-hydrogen) atoms. The summed E-state index contributed by atoms with van der Waals surface area (Å²) in [7, 11) is 0.